The van der Waals surface area contributed by atoms with Crippen molar-refractivity contribution >= 4 is 42.7 Å². The number of methoxy groups -OCH3 is 1. The number of nitrogens with zero attached hydrogens (tertiary/aromatic N) is 4. The molecule has 0 saturated carbocycles. The van der Waals surface area contributed by atoms with Crippen LogP contribution >= 0.6 is 8.17 Å². The van der Waals surface area contributed by atoms with Crippen LogP contribution in [0.25, 0.3) is 11.0 Å². The van der Waals surface area contributed by atoms with E-state index in [2.05, 4.69) is 20.2 Å². The lowest BCUT2D eigenvalue weighted by atomic mass is 10.1. The Bertz CT molecular complexity index is 1430. The van der Waals surface area contributed by atoms with Crippen molar-refractivity contribution in [3.05, 3.63) is 59.3 Å². The third kappa shape index (κ3) is 6.91. The first-order chi connectivity index (χ1) is 18.2. The summed E-state index contributed by atoms with van der Waals surface area (Å²) in [5, 5.41) is 11.3. The first-order valence-electron chi connectivity index (χ1n) is 11.4. The highest BCUT2D eigenvalue weighted by molar-refractivity contribution is 7.33. The fourth-order valence-corrected chi connectivity index (χ4v) is 3.98. The largest absolute Gasteiger partial charge is 0.574 e. The Morgan fingerprint density at radius 3 is 2.55 bits per heavy atom. The molecule has 1 heterocycles. The molecule has 14 heteroatoms. The lowest BCUT2D eigenvalue weighted by Gasteiger charge is -2.13. The van der Waals surface area contributed by atoms with E-state index in [1.54, 1.807) is 42.7 Å². The number of carbonyl (C=O) groups excluding carboxylic acids is 2. The third-order valence-electron chi connectivity index (χ3n) is 5.27. The van der Waals surface area contributed by atoms with E-state index in [9.17, 15) is 14.5 Å². The Kier molecular flexibility index (Phi) is 9.49. The molecular formula is C24H28N7O6P. The zero-order chi connectivity index (χ0) is 27.8. The van der Waals surface area contributed by atoms with Gasteiger partial charge in [-0.15, -0.1) is 0 Å². The summed E-state index contributed by atoms with van der Waals surface area (Å²) in [6.07, 6.45) is 1.96. The second kappa shape index (κ2) is 12.8. The van der Waals surface area contributed by atoms with Gasteiger partial charge in [0.15, 0.2) is 5.75 Å². The maximum atomic E-state index is 13.1. The van der Waals surface area contributed by atoms with Gasteiger partial charge >= 0.3 is 8.17 Å². The number of benzene rings is 2. The van der Waals surface area contributed by atoms with Crippen LogP contribution in [0.1, 0.15) is 29.8 Å². The van der Waals surface area contributed by atoms with Crippen molar-refractivity contribution in [1.29, 1.82) is 0 Å². The van der Waals surface area contributed by atoms with E-state index < -0.39 is 20.0 Å². The first-order valence-corrected chi connectivity index (χ1v) is 12.6. The lowest BCUT2D eigenvalue weighted by Crippen LogP contribution is -2.24. The summed E-state index contributed by atoms with van der Waals surface area (Å²) in [6, 6.07) is 9.75. The standard InChI is InChI=1S/C24H28N7O6P/c1-4-27-19(11-14(2)25)23(33)29-24-28-18-12-16(22(26)32)13-20(36-3)21(18)31(24)10-9-15-5-7-17(8-6-15)37-38(35)30-34/h5-8,11-13,34H,4,9-10,25H2,1-3H3,(H2,26,32)(H,28,29,33). The Hall–Kier alpha value is -4.32. The van der Waals surface area contributed by atoms with Crippen LogP contribution in [0.4, 0.5) is 5.95 Å². The number of hydrogen-bond donors (Lipinski definition) is 4. The molecule has 1 atom stereocenters. The number of aromatic nitrogens is 2. The zero-order valence-electron chi connectivity index (χ0n) is 21.0. The summed E-state index contributed by atoms with van der Waals surface area (Å²) < 4.78 is 12.3. The van der Waals surface area contributed by atoms with Gasteiger partial charge in [-0.25, -0.2) is 10.2 Å². The van der Waals surface area contributed by atoms with Gasteiger partial charge < -0.3 is 25.7 Å². The van der Waals surface area contributed by atoms with Crippen molar-refractivity contribution in [3.8, 4) is 11.5 Å². The number of nitrogens with one attached hydrogen (secondary N) is 1. The molecule has 0 aliphatic rings. The average molecular weight is 542 g/mol. The number of nitrogens with two attached hydrogens (primary N) is 2. The number of primary amides is 1. The van der Waals surface area contributed by atoms with Crippen molar-refractivity contribution in [3.63, 3.8) is 0 Å². The summed E-state index contributed by atoms with van der Waals surface area (Å²) in [4.78, 5) is 47.5. The highest BCUT2D eigenvalue weighted by Gasteiger charge is 2.21. The average Bonchev–Trinajstić information content (AvgIpc) is 3.23. The monoisotopic (exact) mass is 541 g/mol. The highest BCUT2D eigenvalue weighted by atomic mass is 31.1. The van der Waals surface area contributed by atoms with Crippen molar-refractivity contribution < 1.29 is 29.0 Å². The number of anilines is 1. The van der Waals surface area contributed by atoms with Crippen molar-refractivity contribution in [2.45, 2.75) is 26.8 Å². The molecule has 0 aliphatic heterocycles. The van der Waals surface area contributed by atoms with Gasteiger partial charge in [0, 0.05) is 24.4 Å². The van der Waals surface area contributed by atoms with Gasteiger partial charge in [0.05, 0.1) is 17.5 Å². The van der Waals surface area contributed by atoms with E-state index in [1.165, 1.54) is 25.3 Å². The quantitative estimate of drug-likeness (QED) is 0.161. The Morgan fingerprint density at radius 1 is 1.26 bits per heavy atom. The minimum Gasteiger partial charge on any atom is -0.574 e. The second-order valence-electron chi connectivity index (χ2n) is 8.01. The normalized spacial score (nSPS) is 12.5. The van der Waals surface area contributed by atoms with E-state index in [0.29, 0.717) is 42.0 Å². The molecule has 0 spiro atoms. The number of rotatable bonds is 11. The maximum Gasteiger partial charge on any atom is 0.425 e. The van der Waals surface area contributed by atoms with Crippen LogP contribution in [0.3, 0.4) is 0 Å². The predicted molar refractivity (Wildman–Crippen MR) is 141 cm³/mol. The van der Waals surface area contributed by atoms with Gasteiger partial charge in [0.25, 0.3) is 5.91 Å². The predicted octanol–water partition coefficient (Wildman–Crippen LogP) is 2.27. The number of allylic oxidation sites excluding steroid dienone is 1. The molecule has 13 nitrogen and oxygen atoms in total. The highest BCUT2D eigenvalue weighted by Crippen LogP contribution is 2.31. The minimum atomic E-state index is -2.55. The molecule has 0 bridgehead atoms. The van der Waals surface area contributed by atoms with Crippen LogP contribution in [0, 0.1) is 0 Å². The summed E-state index contributed by atoms with van der Waals surface area (Å²) >= 11 is 0. The molecule has 1 aromatic heterocycles. The van der Waals surface area contributed by atoms with Crippen LogP contribution < -0.4 is 30.9 Å². The molecule has 2 amide bonds. The van der Waals surface area contributed by atoms with Crippen LogP contribution in [0.15, 0.2) is 58.1 Å². The van der Waals surface area contributed by atoms with Gasteiger partial charge in [-0.3, -0.25) is 24.4 Å². The number of ether oxygens (including phenoxy) is 1. The smallest absolute Gasteiger partial charge is 0.425 e. The topological polar surface area (TPSA) is 202 Å². The van der Waals surface area contributed by atoms with Crippen molar-refractivity contribution in [2.75, 3.05) is 19.0 Å². The zero-order valence-corrected chi connectivity index (χ0v) is 21.9. The molecule has 6 N–H and O–H groups in total. The molecule has 0 radical (unpaired) electrons. The molecule has 0 saturated heterocycles. The summed E-state index contributed by atoms with van der Waals surface area (Å²) in [7, 11) is -1.10. The number of hydrogen-bond acceptors (Lipinski definition) is 9. The van der Waals surface area contributed by atoms with Crippen molar-refractivity contribution in [1.82, 2.24) is 9.55 Å². The summed E-state index contributed by atoms with van der Waals surface area (Å²) in [5.74, 6) is -0.320. The number of imidazole rings is 1. The van der Waals surface area contributed by atoms with E-state index in [-0.39, 0.29) is 23.0 Å². The summed E-state index contributed by atoms with van der Waals surface area (Å²) in [6.45, 7) is 4.17. The molecule has 3 rings (SSSR count). The fourth-order valence-electron chi connectivity index (χ4n) is 3.64. The van der Waals surface area contributed by atoms with Gasteiger partial charge in [-0.1, -0.05) is 12.1 Å². The SMILES string of the molecule is CCN=C(C=C(C)N)C(=O)Nc1nc2cc(C(N)=O)cc(OC)c2n1CCc1ccc(O[P+]([O-])=NO)cc1. The molecule has 0 fully saturated rings. The number of aryl methyl sites for hydroxylation is 2. The third-order valence-corrected chi connectivity index (χ3v) is 5.78. The van der Waals surface area contributed by atoms with E-state index in [1.807, 2.05) is 0 Å². The Balaban J connectivity index is 2.01. The molecule has 1 unspecified atom stereocenters. The molecule has 38 heavy (non-hydrogen) atoms. The molecule has 200 valence electrons. The van der Waals surface area contributed by atoms with E-state index in [4.69, 9.17) is 25.9 Å². The maximum absolute atomic E-state index is 13.1. The second-order valence-corrected chi connectivity index (χ2v) is 8.85. The van der Waals surface area contributed by atoms with Gasteiger partial charge in [0.1, 0.15) is 17.0 Å². The van der Waals surface area contributed by atoms with E-state index >= 15 is 0 Å². The number of aliphatic imine (C=N–C) groups is 1. The number of amides is 2. The Morgan fingerprint density at radius 2 is 1.97 bits per heavy atom. The molecule has 0 aliphatic carbocycles. The van der Waals surface area contributed by atoms with Crippen molar-refractivity contribution in [2.24, 2.45) is 21.4 Å². The van der Waals surface area contributed by atoms with Crippen LogP contribution in [-0.4, -0.2) is 45.9 Å². The number of fused-ring (bicyclic) bond motifs is 1. The number of carbonyl (C=O) groups is 2. The Labute approximate surface area is 219 Å². The van der Waals surface area contributed by atoms with Gasteiger partial charge in [-0.2, -0.15) is 0 Å². The van der Waals surface area contributed by atoms with Crippen LogP contribution in [0.2, 0.25) is 0 Å². The molecule has 3 aromatic rings. The molecule has 2 aromatic carbocycles. The lowest BCUT2D eigenvalue weighted by molar-refractivity contribution is -0.171. The fraction of sp³-hybridized carbons (Fsp3) is 0.250. The summed E-state index contributed by atoms with van der Waals surface area (Å²) in [5.41, 5.74) is 13.8. The van der Waals surface area contributed by atoms with E-state index in [0.717, 1.165) is 5.56 Å². The van der Waals surface area contributed by atoms with Crippen LogP contribution in [0.5, 0.6) is 11.5 Å². The minimum absolute atomic E-state index is 0.138. The van der Waals surface area contributed by atoms with Gasteiger partial charge in [-0.05, 0) is 56.2 Å². The first kappa shape index (κ1) is 28.3. The van der Waals surface area contributed by atoms with Gasteiger partial charge in [0.2, 0.25) is 11.9 Å². The van der Waals surface area contributed by atoms with Crippen LogP contribution in [-0.2, 0) is 17.8 Å². The molecular weight excluding hydrogens is 513 g/mol.